The van der Waals surface area contributed by atoms with Crippen molar-refractivity contribution in [2.45, 2.75) is 13.8 Å². The molecule has 0 aliphatic carbocycles. The van der Waals surface area contributed by atoms with E-state index in [1.165, 1.54) is 0 Å². The van der Waals surface area contributed by atoms with Gasteiger partial charge in [-0.3, -0.25) is 4.98 Å². The van der Waals surface area contributed by atoms with Crippen LogP contribution in [0.3, 0.4) is 0 Å². The van der Waals surface area contributed by atoms with E-state index in [1.54, 1.807) is 6.20 Å². The van der Waals surface area contributed by atoms with Crippen molar-refractivity contribution in [2.75, 3.05) is 38.2 Å². The number of nitrogen functional groups attached to an aromatic ring is 1. The average molecular weight is 272 g/mol. The van der Waals surface area contributed by atoms with E-state index < -0.39 is 0 Å². The molecule has 0 aliphatic heterocycles. The number of hydrogen-bond acceptors (Lipinski definition) is 4. The van der Waals surface area contributed by atoms with Crippen molar-refractivity contribution in [3.63, 3.8) is 0 Å². The van der Waals surface area contributed by atoms with Gasteiger partial charge >= 0.3 is 0 Å². The maximum atomic E-state index is 6.01. The van der Waals surface area contributed by atoms with Crippen LogP contribution in [0, 0.1) is 5.41 Å². The topological polar surface area (TPSA) is 54.2 Å². The third-order valence-electron chi connectivity index (χ3n) is 3.35. The molecule has 4 nitrogen and oxygen atoms in total. The Kier molecular flexibility index (Phi) is 4.14. The van der Waals surface area contributed by atoms with E-state index in [0.29, 0.717) is 0 Å². The zero-order chi connectivity index (χ0) is 14.8. The van der Waals surface area contributed by atoms with Gasteiger partial charge in [0.25, 0.3) is 0 Å². The monoisotopic (exact) mass is 272 g/mol. The smallest absolute Gasteiger partial charge is 0.0437 e. The number of anilines is 2. The molecule has 2 rings (SSSR count). The minimum Gasteiger partial charge on any atom is -0.398 e. The summed E-state index contributed by atoms with van der Waals surface area (Å²) >= 11 is 0. The highest BCUT2D eigenvalue weighted by molar-refractivity contribution is 6.00. The molecule has 108 valence electrons. The van der Waals surface area contributed by atoms with E-state index in [4.69, 9.17) is 5.73 Å². The minimum absolute atomic E-state index is 0.194. The standard InChI is InChI=1S/C16H24N4/c1-16(2,11-20(3)4)10-19-15-6-5-14(17)12-7-8-18-9-13(12)15/h5-9,19H,10-11,17H2,1-4H3. The second-order valence-corrected chi connectivity index (χ2v) is 6.38. The van der Waals surface area contributed by atoms with Gasteiger partial charge in [0.1, 0.15) is 0 Å². The third kappa shape index (κ3) is 3.39. The van der Waals surface area contributed by atoms with Crippen molar-refractivity contribution in [3.05, 3.63) is 30.6 Å². The minimum atomic E-state index is 0.194. The van der Waals surface area contributed by atoms with Gasteiger partial charge in [-0.05, 0) is 37.7 Å². The van der Waals surface area contributed by atoms with Crippen molar-refractivity contribution in [2.24, 2.45) is 5.41 Å². The van der Waals surface area contributed by atoms with Crippen LogP contribution >= 0.6 is 0 Å². The first-order valence-corrected chi connectivity index (χ1v) is 6.90. The molecule has 0 aliphatic rings. The summed E-state index contributed by atoms with van der Waals surface area (Å²) < 4.78 is 0. The molecule has 1 heterocycles. The van der Waals surface area contributed by atoms with E-state index in [2.05, 4.69) is 43.1 Å². The first kappa shape index (κ1) is 14.6. The lowest BCUT2D eigenvalue weighted by Gasteiger charge is -2.29. The molecule has 1 aromatic heterocycles. The molecular weight excluding hydrogens is 248 g/mol. The first-order valence-electron chi connectivity index (χ1n) is 6.90. The fourth-order valence-corrected chi connectivity index (χ4v) is 2.61. The van der Waals surface area contributed by atoms with Crippen LogP contribution in [0.2, 0.25) is 0 Å². The van der Waals surface area contributed by atoms with Crippen molar-refractivity contribution >= 4 is 22.1 Å². The lowest BCUT2D eigenvalue weighted by molar-refractivity contribution is 0.254. The molecule has 0 saturated carbocycles. The molecule has 0 fully saturated rings. The molecule has 0 radical (unpaired) electrons. The lowest BCUT2D eigenvalue weighted by Crippen LogP contribution is -2.34. The zero-order valence-electron chi connectivity index (χ0n) is 12.8. The number of fused-ring (bicyclic) bond motifs is 1. The maximum Gasteiger partial charge on any atom is 0.0437 e. The van der Waals surface area contributed by atoms with Gasteiger partial charge in [-0.1, -0.05) is 13.8 Å². The van der Waals surface area contributed by atoms with Crippen molar-refractivity contribution in [1.29, 1.82) is 0 Å². The van der Waals surface area contributed by atoms with Crippen LogP contribution in [0.4, 0.5) is 11.4 Å². The Bertz CT molecular complexity index is 590. The number of benzene rings is 1. The fraction of sp³-hybridized carbons (Fsp3) is 0.438. The van der Waals surface area contributed by atoms with Crippen LogP contribution in [0.1, 0.15) is 13.8 Å². The van der Waals surface area contributed by atoms with Crippen LogP contribution in [0.5, 0.6) is 0 Å². The molecule has 20 heavy (non-hydrogen) atoms. The number of aromatic nitrogens is 1. The van der Waals surface area contributed by atoms with E-state index in [0.717, 1.165) is 35.2 Å². The number of pyridine rings is 1. The quantitative estimate of drug-likeness (QED) is 0.822. The van der Waals surface area contributed by atoms with Crippen molar-refractivity contribution < 1.29 is 0 Å². The Morgan fingerprint density at radius 3 is 2.65 bits per heavy atom. The Hall–Kier alpha value is -1.81. The van der Waals surface area contributed by atoms with Crippen LogP contribution in [-0.2, 0) is 0 Å². The van der Waals surface area contributed by atoms with Gasteiger partial charge in [0.15, 0.2) is 0 Å². The molecule has 0 atom stereocenters. The molecule has 2 aromatic rings. The van der Waals surface area contributed by atoms with Gasteiger partial charge in [0.2, 0.25) is 0 Å². The maximum absolute atomic E-state index is 6.01. The van der Waals surface area contributed by atoms with E-state index in [1.807, 2.05) is 24.4 Å². The van der Waals surface area contributed by atoms with Gasteiger partial charge in [-0.25, -0.2) is 0 Å². The summed E-state index contributed by atoms with van der Waals surface area (Å²) in [5.41, 5.74) is 8.09. The Morgan fingerprint density at radius 1 is 1.20 bits per heavy atom. The predicted octanol–water partition coefficient (Wildman–Crippen LogP) is 2.82. The summed E-state index contributed by atoms with van der Waals surface area (Å²) in [7, 11) is 4.20. The van der Waals surface area contributed by atoms with Gasteiger partial charge in [-0.2, -0.15) is 0 Å². The highest BCUT2D eigenvalue weighted by Crippen LogP contribution is 2.28. The van der Waals surface area contributed by atoms with E-state index >= 15 is 0 Å². The molecule has 4 heteroatoms. The summed E-state index contributed by atoms with van der Waals surface area (Å²) in [4.78, 5) is 6.42. The summed E-state index contributed by atoms with van der Waals surface area (Å²) in [5, 5.41) is 5.67. The first-order chi connectivity index (χ1) is 9.39. The van der Waals surface area contributed by atoms with Gasteiger partial charge in [-0.15, -0.1) is 0 Å². The zero-order valence-corrected chi connectivity index (χ0v) is 12.8. The Morgan fingerprint density at radius 2 is 1.95 bits per heavy atom. The number of rotatable bonds is 5. The normalized spacial score (nSPS) is 12.1. The number of hydrogen-bond donors (Lipinski definition) is 2. The number of nitrogens with zero attached hydrogens (tertiary/aromatic N) is 2. The second kappa shape index (κ2) is 5.67. The molecule has 0 saturated heterocycles. The highest BCUT2D eigenvalue weighted by Gasteiger charge is 2.19. The van der Waals surface area contributed by atoms with Crippen LogP contribution in [0.15, 0.2) is 30.6 Å². The SMILES string of the molecule is CN(C)CC(C)(C)CNc1ccc(N)c2ccncc12. The third-order valence-corrected chi connectivity index (χ3v) is 3.35. The summed E-state index contributed by atoms with van der Waals surface area (Å²) in [6, 6.07) is 5.94. The predicted molar refractivity (Wildman–Crippen MR) is 87.0 cm³/mol. The van der Waals surface area contributed by atoms with Crippen molar-refractivity contribution in [3.8, 4) is 0 Å². The summed E-state index contributed by atoms with van der Waals surface area (Å²) in [6.07, 6.45) is 3.64. The highest BCUT2D eigenvalue weighted by atomic mass is 15.1. The van der Waals surface area contributed by atoms with Gasteiger partial charge < -0.3 is 16.0 Å². The van der Waals surface area contributed by atoms with Crippen LogP contribution < -0.4 is 11.1 Å². The molecule has 1 aromatic carbocycles. The molecule has 0 unspecified atom stereocenters. The van der Waals surface area contributed by atoms with Gasteiger partial charge in [0, 0.05) is 47.6 Å². The Labute approximate surface area is 121 Å². The lowest BCUT2D eigenvalue weighted by atomic mass is 9.92. The summed E-state index contributed by atoms with van der Waals surface area (Å²) in [5.74, 6) is 0. The van der Waals surface area contributed by atoms with Crippen LogP contribution in [-0.4, -0.2) is 37.1 Å². The van der Waals surface area contributed by atoms with Gasteiger partial charge in [0.05, 0.1) is 0 Å². The molecule has 0 amide bonds. The Balaban J connectivity index is 2.21. The number of nitrogens with two attached hydrogens (primary N) is 1. The fourth-order valence-electron chi connectivity index (χ4n) is 2.61. The van der Waals surface area contributed by atoms with E-state index in [-0.39, 0.29) is 5.41 Å². The summed E-state index contributed by atoms with van der Waals surface area (Å²) in [6.45, 7) is 6.46. The molecule has 3 N–H and O–H groups in total. The second-order valence-electron chi connectivity index (χ2n) is 6.38. The largest absolute Gasteiger partial charge is 0.398 e. The van der Waals surface area contributed by atoms with Crippen molar-refractivity contribution in [1.82, 2.24) is 9.88 Å². The van der Waals surface area contributed by atoms with E-state index in [9.17, 15) is 0 Å². The molecular formula is C16H24N4. The average Bonchev–Trinajstić information content (AvgIpc) is 2.37. The number of nitrogens with one attached hydrogen (secondary N) is 1. The van der Waals surface area contributed by atoms with Crippen LogP contribution in [0.25, 0.3) is 10.8 Å². The molecule has 0 bridgehead atoms. The molecule has 0 spiro atoms.